The molecule has 134 valence electrons. The van der Waals surface area contributed by atoms with Crippen molar-refractivity contribution in [3.63, 3.8) is 0 Å². The second kappa shape index (κ2) is 8.12. The molecule has 0 bridgehead atoms. The largest absolute Gasteiger partial charge is 0.493 e. The van der Waals surface area contributed by atoms with Gasteiger partial charge in [-0.3, -0.25) is 0 Å². The Labute approximate surface area is 161 Å². The summed E-state index contributed by atoms with van der Waals surface area (Å²) in [5.74, 6) is 2.25. The van der Waals surface area contributed by atoms with Crippen molar-refractivity contribution in [3.05, 3.63) is 58.7 Å². The molecule has 0 aliphatic carbocycles. The lowest BCUT2D eigenvalue weighted by Crippen LogP contribution is -2.01. The van der Waals surface area contributed by atoms with Crippen molar-refractivity contribution in [2.24, 2.45) is 0 Å². The number of ether oxygens (including phenoxy) is 2. The van der Waals surface area contributed by atoms with Crippen molar-refractivity contribution in [2.45, 2.75) is 0 Å². The van der Waals surface area contributed by atoms with E-state index in [9.17, 15) is 0 Å². The third-order valence-corrected chi connectivity index (χ3v) is 4.05. The fraction of sp³-hybridized carbons (Fsp3) is 0.111. The molecule has 2 N–H and O–H groups in total. The van der Waals surface area contributed by atoms with E-state index in [4.69, 9.17) is 32.7 Å². The van der Waals surface area contributed by atoms with Gasteiger partial charge < -0.3 is 20.1 Å². The molecule has 0 saturated heterocycles. The van der Waals surface area contributed by atoms with Gasteiger partial charge in [-0.1, -0.05) is 23.2 Å². The van der Waals surface area contributed by atoms with E-state index in [0.717, 1.165) is 5.69 Å². The van der Waals surface area contributed by atoms with Crippen LogP contribution in [0.3, 0.4) is 0 Å². The van der Waals surface area contributed by atoms with Gasteiger partial charge in [-0.15, -0.1) is 0 Å². The second-order valence-electron chi connectivity index (χ2n) is 5.21. The Balaban J connectivity index is 1.80. The third-order valence-electron chi connectivity index (χ3n) is 3.49. The van der Waals surface area contributed by atoms with Crippen LogP contribution in [0.5, 0.6) is 11.5 Å². The van der Waals surface area contributed by atoms with Gasteiger partial charge in [-0.05, 0) is 36.4 Å². The van der Waals surface area contributed by atoms with E-state index in [2.05, 4.69) is 20.6 Å². The summed E-state index contributed by atoms with van der Waals surface area (Å²) in [5.41, 5.74) is 1.43. The highest BCUT2D eigenvalue weighted by Crippen LogP contribution is 2.31. The number of hydrogen-bond acceptors (Lipinski definition) is 6. The average molecular weight is 391 g/mol. The Bertz CT molecular complexity index is 921. The first-order valence-electron chi connectivity index (χ1n) is 7.63. The Kier molecular flexibility index (Phi) is 5.65. The van der Waals surface area contributed by atoms with E-state index < -0.39 is 0 Å². The standard InChI is InChI=1S/C18H16Cl2N4O2/c1-25-15-6-4-12(10-16(15)26-2)22-18-21-8-7-17(24-18)23-14-9-11(19)3-5-13(14)20/h3-10H,1-2H3,(H2,21,22,23,24). The molecule has 1 heterocycles. The van der Waals surface area contributed by atoms with Crippen molar-refractivity contribution < 1.29 is 9.47 Å². The summed E-state index contributed by atoms with van der Waals surface area (Å²) < 4.78 is 10.5. The van der Waals surface area contributed by atoms with Gasteiger partial charge in [-0.2, -0.15) is 4.98 Å². The molecule has 0 amide bonds. The minimum Gasteiger partial charge on any atom is -0.493 e. The monoisotopic (exact) mass is 390 g/mol. The smallest absolute Gasteiger partial charge is 0.229 e. The highest BCUT2D eigenvalue weighted by atomic mass is 35.5. The number of nitrogens with one attached hydrogen (secondary N) is 2. The summed E-state index contributed by atoms with van der Waals surface area (Å²) in [5, 5.41) is 7.38. The normalized spacial score (nSPS) is 10.3. The first-order chi connectivity index (χ1) is 12.6. The number of rotatable bonds is 6. The van der Waals surface area contributed by atoms with E-state index in [-0.39, 0.29) is 0 Å². The lowest BCUT2D eigenvalue weighted by molar-refractivity contribution is 0.355. The van der Waals surface area contributed by atoms with E-state index in [1.54, 1.807) is 56.8 Å². The molecule has 26 heavy (non-hydrogen) atoms. The van der Waals surface area contributed by atoms with Gasteiger partial charge in [0.15, 0.2) is 11.5 Å². The van der Waals surface area contributed by atoms with Crippen molar-refractivity contribution in [1.82, 2.24) is 9.97 Å². The molecule has 0 saturated carbocycles. The Morgan fingerprint density at radius 2 is 1.69 bits per heavy atom. The summed E-state index contributed by atoms with van der Waals surface area (Å²) in [6.45, 7) is 0. The van der Waals surface area contributed by atoms with Crippen LogP contribution in [-0.2, 0) is 0 Å². The molecule has 0 aliphatic heterocycles. The average Bonchev–Trinajstić information content (AvgIpc) is 2.65. The molecular formula is C18H16Cl2N4O2. The molecule has 0 atom stereocenters. The molecular weight excluding hydrogens is 375 g/mol. The van der Waals surface area contributed by atoms with E-state index in [1.165, 1.54) is 0 Å². The van der Waals surface area contributed by atoms with Gasteiger partial charge in [-0.25, -0.2) is 4.98 Å². The van der Waals surface area contributed by atoms with Crippen LogP contribution in [-0.4, -0.2) is 24.2 Å². The molecule has 1 aromatic heterocycles. The summed E-state index contributed by atoms with van der Waals surface area (Å²) in [6.07, 6.45) is 1.64. The van der Waals surface area contributed by atoms with Crippen LogP contribution < -0.4 is 20.1 Å². The van der Waals surface area contributed by atoms with Gasteiger partial charge in [0, 0.05) is 23.0 Å². The summed E-state index contributed by atoms with van der Waals surface area (Å²) in [4.78, 5) is 8.65. The molecule has 0 radical (unpaired) electrons. The van der Waals surface area contributed by atoms with E-state index >= 15 is 0 Å². The van der Waals surface area contributed by atoms with Gasteiger partial charge in [0.2, 0.25) is 5.95 Å². The minimum atomic E-state index is 0.417. The number of anilines is 4. The van der Waals surface area contributed by atoms with Gasteiger partial charge in [0.05, 0.1) is 24.9 Å². The minimum absolute atomic E-state index is 0.417. The molecule has 0 spiro atoms. The number of nitrogens with zero attached hydrogens (tertiary/aromatic N) is 2. The first kappa shape index (κ1) is 18.1. The second-order valence-corrected chi connectivity index (χ2v) is 6.05. The molecule has 6 nitrogen and oxygen atoms in total. The predicted molar refractivity (Wildman–Crippen MR) is 105 cm³/mol. The zero-order valence-corrected chi connectivity index (χ0v) is 15.6. The molecule has 3 aromatic rings. The zero-order valence-electron chi connectivity index (χ0n) is 14.1. The highest BCUT2D eigenvalue weighted by Gasteiger charge is 2.07. The molecule has 3 rings (SSSR count). The van der Waals surface area contributed by atoms with Crippen LogP contribution in [0.1, 0.15) is 0 Å². The van der Waals surface area contributed by atoms with Crippen LogP contribution in [0, 0.1) is 0 Å². The van der Waals surface area contributed by atoms with Crippen molar-refractivity contribution in [3.8, 4) is 11.5 Å². The van der Waals surface area contributed by atoms with Crippen LogP contribution >= 0.6 is 23.2 Å². The van der Waals surface area contributed by atoms with E-state index in [1.807, 2.05) is 6.07 Å². The molecule has 0 fully saturated rings. The molecule has 8 heteroatoms. The fourth-order valence-electron chi connectivity index (χ4n) is 2.26. The maximum Gasteiger partial charge on any atom is 0.229 e. The van der Waals surface area contributed by atoms with Crippen LogP contribution in [0.25, 0.3) is 0 Å². The van der Waals surface area contributed by atoms with Gasteiger partial charge in [0.25, 0.3) is 0 Å². The molecule has 0 aliphatic rings. The Hall–Kier alpha value is -2.70. The lowest BCUT2D eigenvalue weighted by atomic mass is 10.3. The van der Waals surface area contributed by atoms with Crippen LogP contribution in [0.15, 0.2) is 48.7 Å². The van der Waals surface area contributed by atoms with Crippen molar-refractivity contribution in [1.29, 1.82) is 0 Å². The summed E-state index contributed by atoms with van der Waals surface area (Å²) >= 11 is 12.2. The Morgan fingerprint density at radius 1 is 0.885 bits per heavy atom. The number of halogens is 2. The summed E-state index contributed by atoms with van der Waals surface area (Å²) in [6, 6.07) is 12.4. The maximum atomic E-state index is 6.17. The molecule has 2 aromatic carbocycles. The fourth-order valence-corrected chi connectivity index (χ4v) is 2.60. The molecule has 0 unspecified atom stereocenters. The van der Waals surface area contributed by atoms with Gasteiger partial charge in [0.1, 0.15) is 5.82 Å². The lowest BCUT2D eigenvalue weighted by Gasteiger charge is -2.12. The number of benzene rings is 2. The Morgan fingerprint density at radius 3 is 2.46 bits per heavy atom. The van der Waals surface area contributed by atoms with Gasteiger partial charge >= 0.3 is 0 Å². The zero-order chi connectivity index (χ0) is 18.5. The number of aromatic nitrogens is 2. The topological polar surface area (TPSA) is 68.3 Å². The SMILES string of the molecule is COc1ccc(Nc2nccc(Nc3cc(Cl)ccc3Cl)n2)cc1OC. The first-order valence-corrected chi connectivity index (χ1v) is 8.39. The van der Waals surface area contributed by atoms with Crippen molar-refractivity contribution in [2.75, 3.05) is 24.9 Å². The van der Waals surface area contributed by atoms with Crippen molar-refractivity contribution >= 4 is 46.3 Å². The quantitative estimate of drug-likeness (QED) is 0.595. The number of methoxy groups -OCH3 is 2. The highest BCUT2D eigenvalue weighted by molar-refractivity contribution is 6.35. The maximum absolute atomic E-state index is 6.17. The van der Waals surface area contributed by atoms with E-state index in [0.29, 0.717) is 39.0 Å². The summed E-state index contributed by atoms with van der Waals surface area (Å²) in [7, 11) is 3.17. The predicted octanol–water partition coefficient (Wildman–Crippen LogP) is 5.29. The number of hydrogen-bond donors (Lipinski definition) is 2. The van der Waals surface area contributed by atoms with Crippen LogP contribution in [0.2, 0.25) is 10.0 Å². The van der Waals surface area contributed by atoms with Crippen LogP contribution in [0.4, 0.5) is 23.1 Å². The third kappa shape index (κ3) is 4.28.